The monoisotopic (exact) mass is 382 g/mol. The third kappa shape index (κ3) is 3.16. The van der Waals surface area contributed by atoms with E-state index in [9.17, 15) is 0 Å². The molecule has 2 atom stereocenters. The molecule has 2 aromatic rings. The molecule has 2 aromatic heterocycles. The van der Waals surface area contributed by atoms with Crippen LogP contribution >= 0.6 is 12.2 Å². The fourth-order valence-corrected chi connectivity index (χ4v) is 5.56. The number of rotatable bonds is 4. The minimum absolute atomic E-state index is 0.0976. The molecule has 0 aromatic carbocycles. The van der Waals surface area contributed by atoms with Gasteiger partial charge in [0.2, 0.25) is 0 Å². The molecule has 1 aliphatic heterocycles. The molecule has 0 radical (unpaired) electrons. The molecule has 1 N–H and O–H groups in total. The summed E-state index contributed by atoms with van der Waals surface area (Å²) in [4.78, 5) is 7.16. The van der Waals surface area contributed by atoms with Crippen LogP contribution in [0.2, 0.25) is 0 Å². The van der Waals surface area contributed by atoms with Gasteiger partial charge in [-0.2, -0.15) is 0 Å². The minimum Gasteiger partial charge on any atom is -0.352 e. The van der Waals surface area contributed by atoms with Gasteiger partial charge >= 0.3 is 0 Å². The molecular weight excluding hydrogens is 352 g/mol. The second-order valence-electron chi connectivity index (χ2n) is 8.26. The number of thiocarbonyl (C=S) groups is 1. The quantitative estimate of drug-likeness (QED) is 0.755. The van der Waals surface area contributed by atoms with Gasteiger partial charge in [-0.1, -0.05) is 18.9 Å². The van der Waals surface area contributed by atoms with Crippen molar-refractivity contribution in [3.8, 4) is 0 Å². The van der Waals surface area contributed by atoms with E-state index in [0.29, 0.717) is 12.1 Å². The van der Waals surface area contributed by atoms with Crippen LogP contribution in [-0.4, -0.2) is 25.6 Å². The van der Waals surface area contributed by atoms with Crippen molar-refractivity contribution in [3.63, 3.8) is 0 Å². The maximum absolute atomic E-state index is 5.85. The number of pyridine rings is 1. The van der Waals surface area contributed by atoms with Crippen molar-refractivity contribution >= 4 is 17.3 Å². The summed E-state index contributed by atoms with van der Waals surface area (Å²) in [5, 5.41) is 4.50. The van der Waals surface area contributed by atoms with E-state index in [1.807, 2.05) is 12.3 Å². The smallest absolute Gasteiger partial charge is 0.170 e. The van der Waals surface area contributed by atoms with Gasteiger partial charge in [0.05, 0.1) is 17.8 Å². The molecule has 27 heavy (non-hydrogen) atoms. The normalized spacial score (nSPS) is 23.4. The predicted molar refractivity (Wildman–Crippen MR) is 114 cm³/mol. The van der Waals surface area contributed by atoms with Crippen LogP contribution in [0.3, 0.4) is 0 Å². The molecule has 1 saturated heterocycles. The standard InChI is InChI=1S/C22H30N4S/c1-14(2)25-15(3)13-18(16(25)4)21-20(19-11-7-8-12-23-19)24-22(27)26(21)17-9-5-6-10-17/h7-8,11-14,17,20-21H,5-6,9-10H2,1-4H3,(H,24,27)/t20-,21+/m0/s1. The first-order valence-corrected chi connectivity index (χ1v) is 10.6. The number of aryl methyl sites for hydroxylation is 1. The fraction of sp³-hybridized carbons (Fsp3) is 0.545. The SMILES string of the molecule is Cc1cc([C@@H]2[C@H](c3ccccn3)NC(=S)N2C2CCCC2)c(C)n1C(C)C. The summed E-state index contributed by atoms with van der Waals surface area (Å²) in [5.41, 5.74) is 5.13. The van der Waals surface area contributed by atoms with Crippen LogP contribution in [0.15, 0.2) is 30.5 Å². The average Bonchev–Trinajstić information content (AvgIpc) is 3.33. The van der Waals surface area contributed by atoms with Gasteiger partial charge in [-0.25, -0.2) is 0 Å². The van der Waals surface area contributed by atoms with Gasteiger partial charge in [0.15, 0.2) is 5.11 Å². The van der Waals surface area contributed by atoms with Crippen LogP contribution < -0.4 is 5.32 Å². The Morgan fingerprint density at radius 2 is 1.93 bits per heavy atom. The summed E-state index contributed by atoms with van der Waals surface area (Å²) < 4.78 is 2.44. The summed E-state index contributed by atoms with van der Waals surface area (Å²) in [6.07, 6.45) is 6.95. The molecule has 4 rings (SSSR count). The molecule has 2 aliphatic rings. The Labute approximate surface area is 168 Å². The van der Waals surface area contributed by atoms with E-state index in [0.717, 1.165) is 10.8 Å². The summed E-state index contributed by atoms with van der Waals surface area (Å²) in [7, 11) is 0. The lowest BCUT2D eigenvalue weighted by Gasteiger charge is -2.33. The van der Waals surface area contributed by atoms with Crippen molar-refractivity contribution in [2.24, 2.45) is 0 Å². The Bertz CT molecular complexity index is 820. The zero-order chi connectivity index (χ0) is 19.1. The highest BCUT2D eigenvalue weighted by Gasteiger charge is 2.44. The summed E-state index contributed by atoms with van der Waals surface area (Å²) in [6, 6.07) is 9.82. The van der Waals surface area contributed by atoms with Gasteiger partial charge in [0, 0.05) is 29.7 Å². The molecule has 0 spiro atoms. The Morgan fingerprint density at radius 1 is 1.19 bits per heavy atom. The molecule has 2 fully saturated rings. The van der Waals surface area contributed by atoms with Crippen LogP contribution in [0.5, 0.6) is 0 Å². The molecule has 0 amide bonds. The molecule has 0 unspecified atom stereocenters. The van der Waals surface area contributed by atoms with E-state index >= 15 is 0 Å². The van der Waals surface area contributed by atoms with Gasteiger partial charge in [-0.05, 0) is 76.5 Å². The molecule has 4 nitrogen and oxygen atoms in total. The van der Waals surface area contributed by atoms with E-state index in [-0.39, 0.29) is 12.1 Å². The van der Waals surface area contributed by atoms with Crippen molar-refractivity contribution in [2.75, 3.05) is 0 Å². The van der Waals surface area contributed by atoms with Crippen molar-refractivity contribution in [2.45, 2.75) is 77.5 Å². The third-order valence-corrected chi connectivity index (χ3v) is 6.54. The van der Waals surface area contributed by atoms with Crippen LogP contribution in [0.4, 0.5) is 0 Å². The second-order valence-corrected chi connectivity index (χ2v) is 8.65. The first-order valence-electron chi connectivity index (χ1n) is 10.2. The van der Waals surface area contributed by atoms with Gasteiger partial charge in [0.1, 0.15) is 0 Å². The van der Waals surface area contributed by atoms with E-state index in [1.165, 1.54) is 42.6 Å². The van der Waals surface area contributed by atoms with Crippen molar-refractivity contribution in [1.82, 2.24) is 19.8 Å². The van der Waals surface area contributed by atoms with Crippen LogP contribution in [0, 0.1) is 13.8 Å². The second kappa shape index (κ2) is 7.27. The Morgan fingerprint density at radius 3 is 2.52 bits per heavy atom. The Balaban J connectivity index is 1.82. The first kappa shape index (κ1) is 18.5. The first-order chi connectivity index (χ1) is 13.0. The summed E-state index contributed by atoms with van der Waals surface area (Å²) >= 11 is 5.85. The van der Waals surface area contributed by atoms with Gasteiger partial charge in [0.25, 0.3) is 0 Å². The van der Waals surface area contributed by atoms with E-state index in [2.05, 4.69) is 65.7 Å². The van der Waals surface area contributed by atoms with Crippen molar-refractivity contribution in [3.05, 3.63) is 53.1 Å². The lowest BCUT2D eigenvalue weighted by Crippen LogP contribution is -2.37. The molecule has 3 heterocycles. The molecule has 1 aliphatic carbocycles. The maximum atomic E-state index is 5.85. The number of hydrogen-bond donors (Lipinski definition) is 1. The Kier molecular flexibility index (Phi) is 4.97. The highest BCUT2D eigenvalue weighted by molar-refractivity contribution is 7.80. The van der Waals surface area contributed by atoms with Crippen LogP contribution in [-0.2, 0) is 0 Å². The number of hydrogen-bond acceptors (Lipinski definition) is 2. The predicted octanol–water partition coefficient (Wildman–Crippen LogP) is 5.00. The topological polar surface area (TPSA) is 33.1 Å². The number of nitrogens with one attached hydrogen (secondary N) is 1. The zero-order valence-electron chi connectivity index (χ0n) is 16.8. The molecule has 1 saturated carbocycles. The van der Waals surface area contributed by atoms with Gasteiger partial charge in [-0.15, -0.1) is 0 Å². The van der Waals surface area contributed by atoms with Crippen LogP contribution in [0.25, 0.3) is 0 Å². The highest BCUT2D eigenvalue weighted by Crippen LogP contribution is 2.44. The lowest BCUT2D eigenvalue weighted by molar-refractivity contribution is 0.244. The van der Waals surface area contributed by atoms with Crippen LogP contribution in [0.1, 0.15) is 80.3 Å². The van der Waals surface area contributed by atoms with E-state index < -0.39 is 0 Å². The van der Waals surface area contributed by atoms with Crippen molar-refractivity contribution in [1.29, 1.82) is 0 Å². The molecule has 0 bridgehead atoms. The minimum atomic E-state index is 0.0976. The van der Waals surface area contributed by atoms with Crippen molar-refractivity contribution < 1.29 is 0 Å². The highest BCUT2D eigenvalue weighted by atomic mass is 32.1. The fourth-order valence-electron chi connectivity index (χ4n) is 5.17. The van der Waals surface area contributed by atoms with Gasteiger partial charge < -0.3 is 14.8 Å². The maximum Gasteiger partial charge on any atom is 0.170 e. The average molecular weight is 383 g/mol. The number of aromatic nitrogens is 2. The molecule has 5 heteroatoms. The van der Waals surface area contributed by atoms with Gasteiger partial charge in [-0.3, -0.25) is 4.98 Å². The molecule has 144 valence electrons. The summed E-state index contributed by atoms with van der Waals surface area (Å²) in [5.74, 6) is 0. The third-order valence-electron chi connectivity index (χ3n) is 6.21. The van der Waals surface area contributed by atoms with E-state index in [4.69, 9.17) is 12.2 Å². The summed E-state index contributed by atoms with van der Waals surface area (Å²) in [6.45, 7) is 8.98. The largest absolute Gasteiger partial charge is 0.352 e. The van der Waals surface area contributed by atoms with E-state index in [1.54, 1.807) is 0 Å². The zero-order valence-corrected chi connectivity index (χ0v) is 17.6. The number of nitrogens with zero attached hydrogens (tertiary/aromatic N) is 3. The lowest BCUT2D eigenvalue weighted by atomic mass is 9.95. The molecular formula is C22H30N4S. The Hall–Kier alpha value is -1.88.